The molecule has 0 atom stereocenters. The topological polar surface area (TPSA) is 53.4 Å². The van der Waals surface area contributed by atoms with Crippen molar-refractivity contribution in [3.8, 4) is 0 Å². The molecule has 2 aromatic rings. The average molecular weight is 279 g/mol. The van der Waals surface area contributed by atoms with Crippen LogP contribution in [0, 0.1) is 0 Å². The molecule has 5 heteroatoms. The second kappa shape index (κ2) is 5.99. The van der Waals surface area contributed by atoms with Crippen LogP contribution in [0.1, 0.15) is 17.4 Å². The molecule has 0 saturated heterocycles. The Morgan fingerprint density at radius 1 is 1.42 bits per heavy atom. The number of halogens is 1. The fourth-order valence-electron chi connectivity index (χ4n) is 1.95. The van der Waals surface area contributed by atoms with Crippen LogP contribution in [0.4, 0.5) is 0 Å². The van der Waals surface area contributed by atoms with E-state index >= 15 is 0 Å². The summed E-state index contributed by atoms with van der Waals surface area (Å²) in [4.78, 5) is 17.9. The Labute approximate surface area is 116 Å². The van der Waals surface area contributed by atoms with Gasteiger partial charge in [-0.1, -0.05) is 35.9 Å². The second-order valence-corrected chi connectivity index (χ2v) is 4.49. The van der Waals surface area contributed by atoms with E-state index < -0.39 is 0 Å². The Bertz CT molecular complexity index is 601. The highest BCUT2D eigenvalue weighted by molar-refractivity contribution is 6.34. The monoisotopic (exact) mass is 278 g/mol. The highest BCUT2D eigenvalue weighted by Gasteiger charge is 2.16. The summed E-state index contributed by atoms with van der Waals surface area (Å²) < 4.78 is 0. The van der Waals surface area contributed by atoms with Gasteiger partial charge in [-0.3, -0.25) is 4.79 Å². The molecule has 1 aromatic heterocycles. The molecule has 0 spiro atoms. The van der Waals surface area contributed by atoms with E-state index in [4.69, 9.17) is 16.7 Å². The number of carbonyl (C=O) groups excluding carboxylic acids is 1. The van der Waals surface area contributed by atoms with Crippen molar-refractivity contribution in [2.45, 2.75) is 6.92 Å². The van der Waals surface area contributed by atoms with Gasteiger partial charge in [0.2, 0.25) is 0 Å². The van der Waals surface area contributed by atoms with Crippen LogP contribution in [-0.2, 0) is 0 Å². The molecule has 19 heavy (non-hydrogen) atoms. The number of amides is 1. The van der Waals surface area contributed by atoms with Gasteiger partial charge in [-0.2, -0.15) is 0 Å². The molecule has 0 aliphatic heterocycles. The van der Waals surface area contributed by atoms with Crippen molar-refractivity contribution in [1.82, 2.24) is 9.88 Å². The van der Waals surface area contributed by atoms with Crippen LogP contribution >= 0.6 is 11.6 Å². The third-order valence-corrected chi connectivity index (χ3v) is 3.24. The van der Waals surface area contributed by atoms with Gasteiger partial charge in [-0.05, 0) is 18.4 Å². The molecule has 0 fully saturated rings. The summed E-state index contributed by atoms with van der Waals surface area (Å²) in [6, 6.07) is 9.25. The number of rotatable bonds is 4. The summed E-state index contributed by atoms with van der Waals surface area (Å²) in [7, 11) is 0. The summed E-state index contributed by atoms with van der Waals surface area (Å²) in [6.45, 7) is 2.60. The minimum absolute atomic E-state index is 0.0686. The highest BCUT2D eigenvalue weighted by atomic mass is 35.5. The molecule has 100 valence electrons. The number of likely N-dealkylation sites (N-methyl/N-ethyl adjacent to an activating group) is 1. The maximum Gasteiger partial charge on any atom is 0.272 e. The van der Waals surface area contributed by atoms with Crippen LogP contribution in [0.5, 0.6) is 0 Å². The van der Waals surface area contributed by atoms with Crippen LogP contribution in [-0.4, -0.2) is 40.6 Å². The normalized spacial score (nSPS) is 10.7. The summed E-state index contributed by atoms with van der Waals surface area (Å²) in [5.41, 5.74) is 0.305. The number of hydrogen-bond acceptors (Lipinski definition) is 3. The van der Waals surface area contributed by atoms with E-state index in [-0.39, 0.29) is 12.5 Å². The van der Waals surface area contributed by atoms with Crippen LogP contribution < -0.4 is 0 Å². The van der Waals surface area contributed by atoms with E-state index in [1.807, 2.05) is 31.2 Å². The number of pyridine rings is 1. The van der Waals surface area contributed by atoms with E-state index in [1.165, 1.54) is 4.90 Å². The number of carbonyl (C=O) groups is 1. The minimum atomic E-state index is -0.218. The van der Waals surface area contributed by atoms with Crippen LogP contribution in [0.2, 0.25) is 5.15 Å². The molecular weight excluding hydrogens is 264 g/mol. The number of aliphatic hydroxyl groups is 1. The Hall–Kier alpha value is -1.65. The largest absolute Gasteiger partial charge is 0.395 e. The number of fused-ring (bicyclic) bond motifs is 1. The lowest BCUT2D eigenvalue weighted by atomic mass is 10.1. The van der Waals surface area contributed by atoms with E-state index in [0.29, 0.717) is 23.9 Å². The van der Waals surface area contributed by atoms with Crippen molar-refractivity contribution in [3.05, 3.63) is 41.2 Å². The molecule has 4 nitrogen and oxygen atoms in total. The fraction of sp³-hybridized carbons (Fsp3) is 0.286. The standard InChI is InChI=1S/C14H15ClN2O2/c1-2-17(7-8-18)14(19)12-9-10-5-3-4-6-11(10)13(15)16-12/h3-6,9,18H,2,7-8H2,1H3. The van der Waals surface area contributed by atoms with Crippen LogP contribution in [0.15, 0.2) is 30.3 Å². The maximum atomic E-state index is 12.3. The van der Waals surface area contributed by atoms with Crippen molar-refractivity contribution in [2.24, 2.45) is 0 Å². The Morgan fingerprint density at radius 2 is 2.16 bits per heavy atom. The first-order valence-electron chi connectivity index (χ1n) is 6.12. The first-order chi connectivity index (χ1) is 9.17. The first-order valence-corrected chi connectivity index (χ1v) is 6.50. The number of benzene rings is 1. The molecule has 0 bridgehead atoms. The number of aliphatic hydroxyl groups excluding tert-OH is 1. The SMILES string of the molecule is CCN(CCO)C(=O)c1cc2ccccc2c(Cl)n1. The second-order valence-electron chi connectivity index (χ2n) is 4.13. The summed E-state index contributed by atoms with van der Waals surface area (Å²) in [5.74, 6) is -0.218. The number of nitrogens with zero attached hydrogens (tertiary/aromatic N) is 2. The van der Waals surface area contributed by atoms with Crippen molar-refractivity contribution >= 4 is 28.3 Å². The van der Waals surface area contributed by atoms with Gasteiger partial charge in [-0.25, -0.2) is 4.98 Å². The summed E-state index contributed by atoms with van der Waals surface area (Å²) in [5, 5.41) is 11.0. The summed E-state index contributed by atoms with van der Waals surface area (Å²) >= 11 is 6.10. The lowest BCUT2D eigenvalue weighted by Crippen LogP contribution is -2.33. The molecule has 1 amide bonds. The average Bonchev–Trinajstić information content (AvgIpc) is 2.44. The van der Waals surface area contributed by atoms with Gasteiger partial charge < -0.3 is 10.0 Å². The minimum Gasteiger partial charge on any atom is -0.395 e. The van der Waals surface area contributed by atoms with Gasteiger partial charge in [-0.15, -0.1) is 0 Å². The smallest absolute Gasteiger partial charge is 0.272 e. The molecule has 0 aliphatic carbocycles. The Morgan fingerprint density at radius 3 is 2.84 bits per heavy atom. The number of hydrogen-bond donors (Lipinski definition) is 1. The molecule has 0 aliphatic rings. The van der Waals surface area contributed by atoms with E-state index in [9.17, 15) is 4.79 Å². The van der Waals surface area contributed by atoms with Gasteiger partial charge in [0.15, 0.2) is 0 Å². The van der Waals surface area contributed by atoms with Gasteiger partial charge in [0.1, 0.15) is 10.8 Å². The van der Waals surface area contributed by atoms with Gasteiger partial charge in [0.25, 0.3) is 5.91 Å². The zero-order valence-electron chi connectivity index (χ0n) is 10.6. The van der Waals surface area contributed by atoms with Crippen molar-refractivity contribution in [1.29, 1.82) is 0 Å². The van der Waals surface area contributed by atoms with Crippen molar-refractivity contribution < 1.29 is 9.90 Å². The van der Waals surface area contributed by atoms with E-state index in [0.717, 1.165) is 10.8 Å². The predicted molar refractivity (Wildman–Crippen MR) is 75.4 cm³/mol. The molecule has 1 heterocycles. The maximum absolute atomic E-state index is 12.3. The molecular formula is C14H15ClN2O2. The van der Waals surface area contributed by atoms with Crippen molar-refractivity contribution in [2.75, 3.05) is 19.7 Å². The third kappa shape index (κ3) is 2.85. The fourth-order valence-corrected chi connectivity index (χ4v) is 2.21. The van der Waals surface area contributed by atoms with Gasteiger partial charge in [0, 0.05) is 18.5 Å². The molecule has 1 N–H and O–H groups in total. The molecule has 2 rings (SSSR count). The molecule has 0 unspecified atom stereocenters. The van der Waals surface area contributed by atoms with Crippen LogP contribution in [0.25, 0.3) is 10.8 Å². The van der Waals surface area contributed by atoms with Crippen LogP contribution in [0.3, 0.4) is 0 Å². The third-order valence-electron chi connectivity index (χ3n) is 2.95. The van der Waals surface area contributed by atoms with Crippen molar-refractivity contribution in [3.63, 3.8) is 0 Å². The van der Waals surface area contributed by atoms with Gasteiger partial charge >= 0.3 is 0 Å². The molecule has 0 radical (unpaired) electrons. The Balaban J connectivity index is 2.42. The Kier molecular flexibility index (Phi) is 4.35. The van der Waals surface area contributed by atoms with E-state index in [2.05, 4.69) is 4.98 Å². The molecule has 0 saturated carbocycles. The quantitative estimate of drug-likeness (QED) is 0.874. The zero-order valence-corrected chi connectivity index (χ0v) is 11.4. The lowest BCUT2D eigenvalue weighted by Gasteiger charge is -2.19. The number of aromatic nitrogens is 1. The summed E-state index contributed by atoms with van der Waals surface area (Å²) in [6.07, 6.45) is 0. The van der Waals surface area contributed by atoms with E-state index in [1.54, 1.807) is 6.07 Å². The zero-order chi connectivity index (χ0) is 13.8. The predicted octanol–water partition coefficient (Wildman–Crippen LogP) is 2.34. The lowest BCUT2D eigenvalue weighted by molar-refractivity contribution is 0.0726. The highest BCUT2D eigenvalue weighted by Crippen LogP contribution is 2.22. The first kappa shape index (κ1) is 13.8. The molecule has 1 aromatic carbocycles. The van der Waals surface area contributed by atoms with Gasteiger partial charge in [0.05, 0.1) is 6.61 Å².